The van der Waals surface area contributed by atoms with Crippen molar-refractivity contribution < 1.29 is 14.7 Å². The molecule has 1 saturated carbocycles. The van der Waals surface area contributed by atoms with Crippen LogP contribution in [0.25, 0.3) is 0 Å². The molecule has 0 spiro atoms. The maximum absolute atomic E-state index is 12.4. The van der Waals surface area contributed by atoms with Crippen LogP contribution in [0, 0.1) is 11.8 Å². The standard InChI is InChI=1S/C17H20N2O3/c20-13-6-5-11-8-18(9-12(11)7-13)10-19-16(21)14-3-1-2-4-15(14)17(19)22/h1-4,11-13,20H,5-10H2/t11-,12+,13-/m1/s1. The zero-order valence-electron chi connectivity index (χ0n) is 12.4. The van der Waals surface area contributed by atoms with Crippen molar-refractivity contribution in [1.82, 2.24) is 9.80 Å². The van der Waals surface area contributed by atoms with E-state index in [0.717, 1.165) is 32.4 Å². The topological polar surface area (TPSA) is 60.9 Å². The first-order valence-corrected chi connectivity index (χ1v) is 7.99. The number of aliphatic hydroxyl groups is 1. The van der Waals surface area contributed by atoms with Gasteiger partial charge in [0.15, 0.2) is 0 Å². The quantitative estimate of drug-likeness (QED) is 0.837. The average Bonchev–Trinajstić information content (AvgIpc) is 3.02. The molecule has 2 heterocycles. The number of nitrogens with zero attached hydrogens (tertiary/aromatic N) is 2. The Morgan fingerprint density at radius 3 is 2.32 bits per heavy atom. The van der Waals surface area contributed by atoms with Crippen LogP contribution in [0.2, 0.25) is 0 Å². The molecule has 2 fully saturated rings. The highest BCUT2D eigenvalue weighted by atomic mass is 16.3. The summed E-state index contributed by atoms with van der Waals surface area (Å²) in [5.41, 5.74) is 1.03. The Labute approximate surface area is 129 Å². The van der Waals surface area contributed by atoms with Crippen molar-refractivity contribution in [2.45, 2.75) is 25.4 Å². The molecule has 116 valence electrons. The molecule has 0 radical (unpaired) electrons. The first-order chi connectivity index (χ1) is 10.6. The smallest absolute Gasteiger partial charge is 0.262 e. The Kier molecular flexibility index (Phi) is 3.27. The molecule has 0 bridgehead atoms. The lowest BCUT2D eigenvalue weighted by Crippen LogP contribution is -2.40. The second-order valence-electron chi connectivity index (χ2n) is 6.75. The second-order valence-corrected chi connectivity index (χ2v) is 6.75. The fraction of sp³-hybridized carbons (Fsp3) is 0.529. The lowest BCUT2D eigenvalue weighted by molar-refractivity contribution is 0.0557. The minimum atomic E-state index is -0.185. The largest absolute Gasteiger partial charge is 0.393 e. The minimum absolute atomic E-state index is 0.180. The maximum atomic E-state index is 12.4. The summed E-state index contributed by atoms with van der Waals surface area (Å²) in [6.07, 6.45) is 2.59. The van der Waals surface area contributed by atoms with Gasteiger partial charge in [-0.1, -0.05) is 12.1 Å². The number of likely N-dealkylation sites (tertiary alicyclic amines) is 1. The predicted molar refractivity (Wildman–Crippen MR) is 80.2 cm³/mol. The molecule has 1 aliphatic carbocycles. The highest BCUT2D eigenvalue weighted by Crippen LogP contribution is 2.36. The molecule has 1 aromatic carbocycles. The van der Waals surface area contributed by atoms with Gasteiger partial charge in [0.1, 0.15) is 0 Å². The second kappa shape index (κ2) is 5.18. The first kappa shape index (κ1) is 13.9. The number of rotatable bonds is 2. The fourth-order valence-electron chi connectivity index (χ4n) is 4.19. The fourth-order valence-corrected chi connectivity index (χ4v) is 4.19. The van der Waals surface area contributed by atoms with E-state index in [9.17, 15) is 14.7 Å². The van der Waals surface area contributed by atoms with E-state index in [1.54, 1.807) is 24.3 Å². The van der Waals surface area contributed by atoms with Gasteiger partial charge in [-0.3, -0.25) is 19.4 Å². The molecule has 1 N–H and O–H groups in total. The Balaban J connectivity index is 1.47. The van der Waals surface area contributed by atoms with E-state index in [1.165, 1.54) is 4.90 Å². The van der Waals surface area contributed by atoms with Gasteiger partial charge in [-0.05, 0) is 43.2 Å². The van der Waals surface area contributed by atoms with Crippen LogP contribution in [-0.2, 0) is 0 Å². The Morgan fingerprint density at radius 1 is 1.00 bits per heavy atom. The zero-order chi connectivity index (χ0) is 15.3. The van der Waals surface area contributed by atoms with Crippen molar-refractivity contribution in [1.29, 1.82) is 0 Å². The third-order valence-corrected chi connectivity index (χ3v) is 5.32. The van der Waals surface area contributed by atoms with Gasteiger partial charge in [0, 0.05) is 13.1 Å². The van der Waals surface area contributed by atoms with E-state index >= 15 is 0 Å². The normalized spacial score (nSPS) is 31.5. The zero-order valence-corrected chi connectivity index (χ0v) is 12.4. The van der Waals surface area contributed by atoms with Crippen LogP contribution in [0.15, 0.2) is 24.3 Å². The third kappa shape index (κ3) is 2.16. The minimum Gasteiger partial charge on any atom is -0.393 e. The maximum Gasteiger partial charge on any atom is 0.262 e. The van der Waals surface area contributed by atoms with Crippen molar-refractivity contribution in [3.05, 3.63) is 35.4 Å². The number of carbonyl (C=O) groups is 2. The molecule has 3 aliphatic rings. The van der Waals surface area contributed by atoms with Gasteiger partial charge < -0.3 is 5.11 Å². The van der Waals surface area contributed by atoms with Gasteiger partial charge in [-0.2, -0.15) is 0 Å². The van der Waals surface area contributed by atoms with Gasteiger partial charge in [-0.25, -0.2) is 0 Å². The highest BCUT2D eigenvalue weighted by molar-refractivity contribution is 6.21. The molecule has 5 heteroatoms. The lowest BCUT2D eigenvalue weighted by atomic mass is 9.80. The molecule has 2 amide bonds. The first-order valence-electron chi connectivity index (χ1n) is 7.99. The monoisotopic (exact) mass is 300 g/mol. The highest BCUT2D eigenvalue weighted by Gasteiger charge is 2.41. The Hall–Kier alpha value is -1.72. The van der Waals surface area contributed by atoms with Crippen molar-refractivity contribution in [3.8, 4) is 0 Å². The van der Waals surface area contributed by atoms with Gasteiger partial charge in [0.25, 0.3) is 11.8 Å². The molecular weight excluding hydrogens is 280 g/mol. The summed E-state index contributed by atoms with van der Waals surface area (Å²) in [6.45, 7) is 2.16. The number of imide groups is 1. The average molecular weight is 300 g/mol. The molecule has 1 aromatic rings. The summed E-state index contributed by atoms with van der Waals surface area (Å²) < 4.78 is 0. The van der Waals surface area contributed by atoms with Crippen LogP contribution in [0.4, 0.5) is 0 Å². The summed E-state index contributed by atoms with van der Waals surface area (Å²) in [7, 11) is 0. The molecule has 1 saturated heterocycles. The summed E-state index contributed by atoms with van der Waals surface area (Å²) in [5, 5.41) is 9.79. The van der Waals surface area contributed by atoms with E-state index in [4.69, 9.17) is 0 Å². The number of benzene rings is 1. The van der Waals surface area contributed by atoms with E-state index < -0.39 is 0 Å². The van der Waals surface area contributed by atoms with Crippen molar-refractivity contribution in [2.24, 2.45) is 11.8 Å². The Bertz CT molecular complexity index is 595. The summed E-state index contributed by atoms with van der Waals surface area (Å²) in [4.78, 5) is 28.3. The van der Waals surface area contributed by atoms with Crippen LogP contribution in [0.3, 0.4) is 0 Å². The molecule has 22 heavy (non-hydrogen) atoms. The molecule has 3 atom stereocenters. The number of hydrogen-bond donors (Lipinski definition) is 1. The number of amides is 2. The summed E-state index contributed by atoms with van der Waals surface area (Å²) in [6, 6.07) is 7.02. The van der Waals surface area contributed by atoms with Crippen LogP contribution in [-0.4, -0.2) is 52.6 Å². The van der Waals surface area contributed by atoms with E-state index in [-0.39, 0.29) is 17.9 Å². The number of aliphatic hydroxyl groups excluding tert-OH is 1. The molecule has 4 rings (SSSR count). The van der Waals surface area contributed by atoms with Crippen molar-refractivity contribution in [3.63, 3.8) is 0 Å². The third-order valence-electron chi connectivity index (χ3n) is 5.32. The molecular formula is C17H20N2O3. The van der Waals surface area contributed by atoms with Crippen LogP contribution in [0.1, 0.15) is 40.0 Å². The lowest BCUT2D eigenvalue weighted by Gasteiger charge is -2.27. The number of carbonyl (C=O) groups excluding carboxylic acids is 2. The predicted octanol–water partition coefficient (Wildman–Crippen LogP) is 1.33. The van der Waals surface area contributed by atoms with Gasteiger partial charge in [0.2, 0.25) is 0 Å². The Morgan fingerprint density at radius 2 is 1.64 bits per heavy atom. The van der Waals surface area contributed by atoms with Crippen LogP contribution >= 0.6 is 0 Å². The molecule has 5 nitrogen and oxygen atoms in total. The van der Waals surface area contributed by atoms with E-state index in [2.05, 4.69) is 4.90 Å². The van der Waals surface area contributed by atoms with E-state index in [0.29, 0.717) is 29.6 Å². The molecule has 0 aromatic heterocycles. The van der Waals surface area contributed by atoms with Gasteiger partial charge >= 0.3 is 0 Å². The SMILES string of the molecule is O=C1c2ccccc2C(=O)N1CN1C[C@H]2CC[C@@H](O)C[C@H]2C1. The van der Waals surface area contributed by atoms with Crippen molar-refractivity contribution >= 4 is 11.8 Å². The van der Waals surface area contributed by atoms with Crippen LogP contribution < -0.4 is 0 Å². The van der Waals surface area contributed by atoms with E-state index in [1.807, 2.05) is 0 Å². The van der Waals surface area contributed by atoms with Crippen molar-refractivity contribution in [2.75, 3.05) is 19.8 Å². The van der Waals surface area contributed by atoms with Gasteiger partial charge in [0.05, 0.1) is 23.9 Å². The summed E-state index contributed by atoms with van der Waals surface area (Å²) >= 11 is 0. The van der Waals surface area contributed by atoms with Gasteiger partial charge in [-0.15, -0.1) is 0 Å². The molecule has 2 aliphatic heterocycles. The number of hydrogen-bond acceptors (Lipinski definition) is 4. The summed E-state index contributed by atoms with van der Waals surface area (Å²) in [5.74, 6) is 0.725. The molecule has 0 unspecified atom stereocenters. The number of fused-ring (bicyclic) bond motifs is 2. The van der Waals surface area contributed by atoms with Crippen LogP contribution in [0.5, 0.6) is 0 Å².